The van der Waals surface area contributed by atoms with Crippen molar-refractivity contribution in [1.82, 2.24) is 15.5 Å². The number of carbonyl (C=O) groups is 2. The van der Waals surface area contributed by atoms with E-state index in [-0.39, 0.29) is 18.9 Å². The van der Waals surface area contributed by atoms with Crippen LogP contribution in [0.15, 0.2) is 12.3 Å². The van der Waals surface area contributed by atoms with E-state index in [1.807, 2.05) is 0 Å². The molecule has 1 fully saturated rings. The Hall–Kier alpha value is -1.89. The van der Waals surface area contributed by atoms with E-state index in [1.165, 1.54) is 0 Å². The first-order valence-corrected chi connectivity index (χ1v) is 6.18. The van der Waals surface area contributed by atoms with Gasteiger partial charge in [0.25, 0.3) is 0 Å². The third-order valence-electron chi connectivity index (χ3n) is 3.44. The highest BCUT2D eigenvalue weighted by atomic mass is 16.5. The number of hydrogen-bond acceptors (Lipinski definition) is 4. The molecule has 7 nitrogen and oxygen atoms in total. The highest BCUT2D eigenvalue weighted by molar-refractivity contribution is 5.80. The largest absolute Gasteiger partial charge is 0.481 e. The van der Waals surface area contributed by atoms with Crippen molar-refractivity contribution in [3.8, 4) is 0 Å². The maximum Gasteiger partial charge on any atom is 0.311 e. The fourth-order valence-corrected chi connectivity index (χ4v) is 2.11. The van der Waals surface area contributed by atoms with Crippen LogP contribution in [0, 0.1) is 5.41 Å². The number of nitrogens with zero attached hydrogens (tertiary/aromatic N) is 1. The van der Waals surface area contributed by atoms with Gasteiger partial charge in [0.05, 0.1) is 11.8 Å². The Morgan fingerprint density at radius 1 is 1.47 bits per heavy atom. The summed E-state index contributed by atoms with van der Waals surface area (Å²) in [5, 5.41) is 18.5. The van der Waals surface area contributed by atoms with Gasteiger partial charge in [-0.25, -0.2) is 0 Å². The Morgan fingerprint density at radius 2 is 2.21 bits per heavy atom. The fraction of sp³-hybridized carbons (Fsp3) is 0.583. The first-order chi connectivity index (χ1) is 9.12. The lowest BCUT2D eigenvalue weighted by Gasteiger charge is -2.33. The first kappa shape index (κ1) is 13.5. The zero-order chi connectivity index (χ0) is 13.7. The van der Waals surface area contributed by atoms with Gasteiger partial charge in [-0.1, -0.05) is 0 Å². The lowest BCUT2D eigenvalue weighted by Crippen LogP contribution is -2.46. The van der Waals surface area contributed by atoms with E-state index in [9.17, 15) is 14.7 Å². The van der Waals surface area contributed by atoms with Crippen LogP contribution in [-0.4, -0.2) is 46.9 Å². The second kappa shape index (κ2) is 5.83. The Morgan fingerprint density at radius 3 is 2.79 bits per heavy atom. The molecule has 19 heavy (non-hydrogen) atoms. The molecule has 0 spiro atoms. The zero-order valence-corrected chi connectivity index (χ0v) is 10.5. The molecule has 2 rings (SSSR count). The minimum Gasteiger partial charge on any atom is -0.481 e. The quantitative estimate of drug-likeness (QED) is 0.694. The van der Waals surface area contributed by atoms with Gasteiger partial charge < -0.3 is 15.2 Å². The number of aliphatic carboxylic acids is 1. The number of H-pyrrole nitrogens is 1. The summed E-state index contributed by atoms with van der Waals surface area (Å²) in [5.74, 6) is -1.09. The average molecular weight is 267 g/mol. The second-order valence-corrected chi connectivity index (χ2v) is 4.73. The SMILES string of the molecule is O=C(Cc1ccn[nH]1)NCC1(C(=O)O)CCOCC1. The van der Waals surface area contributed by atoms with Crippen LogP contribution in [0.2, 0.25) is 0 Å². The molecule has 0 atom stereocenters. The highest BCUT2D eigenvalue weighted by Gasteiger charge is 2.40. The van der Waals surface area contributed by atoms with Crippen LogP contribution in [0.5, 0.6) is 0 Å². The summed E-state index contributed by atoms with van der Waals surface area (Å²) in [5.41, 5.74) is -0.198. The van der Waals surface area contributed by atoms with Crippen molar-refractivity contribution in [3.05, 3.63) is 18.0 Å². The van der Waals surface area contributed by atoms with Gasteiger partial charge in [-0.3, -0.25) is 14.7 Å². The van der Waals surface area contributed by atoms with Crippen molar-refractivity contribution in [2.75, 3.05) is 19.8 Å². The van der Waals surface area contributed by atoms with Gasteiger partial charge in [0.1, 0.15) is 0 Å². The fourth-order valence-electron chi connectivity index (χ4n) is 2.11. The molecule has 0 bridgehead atoms. The summed E-state index contributed by atoms with van der Waals surface area (Å²) in [6, 6.07) is 1.71. The van der Waals surface area contributed by atoms with Crippen molar-refractivity contribution in [2.24, 2.45) is 5.41 Å². The van der Waals surface area contributed by atoms with Crippen molar-refractivity contribution in [3.63, 3.8) is 0 Å². The molecule has 0 aromatic carbocycles. The maximum atomic E-state index is 11.7. The predicted molar refractivity (Wildman–Crippen MR) is 65.4 cm³/mol. The van der Waals surface area contributed by atoms with E-state index in [0.717, 1.165) is 0 Å². The number of aromatic nitrogens is 2. The number of hydrogen-bond donors (Lipinski definition) is 3. The normalized spacial score (nSPS) is 17.9. The van der Waals surface area contributed by atoms with E-state index >= 15 is 0 Å². The molecule has 0 radical (unpaired) electrons. The monoisotopic (exact) mass is 267 g/mol. The van der Waals surface area contributed by atoms with Crippen LogP contribution >= 0.6 is 0 Å². The summed E-state index contributed by atoms with van der Waals surface area (Å²) in [6.45, 7) is 0.976. The van der Waals surface area contributed by atoms with E-state index in [4.69, 9.17) is 4.74 Å². The van der Waals surface area contributed by atoms with E-state index in [1.54, 1.807) is 12.3 Å². The molecular formula is C12H17N3O4. The molecule has 1 amide bonds. The molecule has 1 saturated heterocycles. The van der Waals surface area contributed by atoms with Gasteiger partial charge in [-0.15, -0.1) is 0 Å². The third-order valence-corrected chi connectivity index (χ3v) is 3.44. The number of nitrogens with one attached hydrogen (secondary N) is 2. The van der Waals surface area contributed by atoms with E-state index in [0.29, 0.717) is 31.7 Å². The molecular weight excluding hydrogens is 250 g/mol. The van der Waals surface area contributed by atoms with Crippen molar-refractivity contribution in [1.29, 1.82) is 0 Å². The van der Waals surface area contributed by atoms with Crippen molar-refractivity contribution >= 4 is 11.9 Å². The minimum atomic E-state index is -0.901. The van der Waals surface area contributed by atoms with Gasteiger partial charge >= 0.3 is 5.97 Å². The summed E-state index contributed by atoms with van der Waals surface area (Å²) < 4.78 is 5.18. The number of carboxylic acid groups (broad SMARTS) is 1. The number of rotatable bonds is 5. The molecule has 7 heteroatoms. The molecule has 0 aliphatic carbocycles. The van der Waals surface area contributed by atoms with Crippen LogP contribution in [0.4, 0.5) is 0 Å². The molecule has 1 aromatic heterocycles. The summed E-state index contributed by atoms with van der Waals surface area (Å²) in [6.07, 6.45) is 2.59. The van der Waals surface area contributed by atoms with Gasteiger partial charge in [-0.2, -0.15) is 5.10 Å². The van der Waals surface area contributed by atoms with Crippen LogP contribution in [0.3, 0.4) is 0 Å². The molecule has 0 unspecified atom stereocenters. The average Bonchev–Trinajstić information content (AvgIpc) is 2.90. The van der Waals surface area contributed by atoms with Gasteiger partial charge in [-0.05, 0) is 18.9 Å². The topological polar surface area (TPSA) is 104 Å². The van der Waals surface area contributed by atoms with E-state index in [2.05, 4.69) is 15.5 Å². The minimum absolute atomic E-state index is 0.138. The number of carboxylic acids is 1. The third kappa shape index (κ3) is 3.31. The van der Waals surface area contributed by atoms with Gasteiger partial charge in [0, 0.05) is 31.6 Å². The van der Waals surface area contributed by atoms with Crippen LogP contribution in [-0.2, 0) is 20.7 Å². The molecule has 3 N–H and O–H groups in total. The second-order valence-electron chi connectivity index (χ2n) is 4.73. The maximum absolute atomic E-state index is 11.7. The standard InChI is InChI=1S/C12H17N3O4/c16-10(7-9-1-4-14-15-9)13-8-12(11(17)18)2-5-19-6-3-12/h1,4H,2-3,5-8H2,(H,13,16)(H,14,15)(H,17,18). The highest BCUT2D eigenvalue weighted by Crippen LogP contribution is 2.30. The lowest BCUT2D eigenvalue weighted by atomic mass is 9.80. The van der Waals surface area contributed by atoms with Crippen LogP contribution in [0.25, 0.3) is 0 Å². The van der Waals surface area contributed by atoms with Gasteiger partial charge in [0.15, 0.2) is 0 Å². The molecule has 2 heterocycles. The molecule has 1 aliphatic rings. The van der Waals surface area contributed by atoms with E-state index < -0.39 is 11.4 Å². The predicted octanol–water partition coefficient (Wildman–Crippen LogP) is -0.0502. The summed E-state index contributed by atoms with van der Waals surface area (Å²) >= 11 is 0. The first-order valence-electron chi connectivity index (χ1n) is 6.18. The Labute approximate surface area is 110 Å². The van der Waals surface area contributed by atoms with Gasteiger partial charge in [0.2, 0.25) is 5.91 Å². The zero-order valence-electron chi connectivity index (χ0n) is 10.5. The molecule has 1 aromatic rings. The molecule has 104 valence electrons. The van der Waals surface area contributed by atoms with Crippen molar-refractivity contribution in [2.45, 2.75) is 19.3 Å². The van der Waals surface area contributed by atoms with Crippen molar-refractivity contribution < 1.29 is 19.4 Å². The smallest absolute Gasteiger partial charge is 0.311 e. The number of ether oxygens (including phenoxy) is 1. The molecule has 1 aliphatic heterocycles. The Kier molecular flexibility index (Phi) is 4.16. The molecule has 0 saturated carbocycles. The van der Waals surface area contributed by atoms with Crippen LogP contribution in [0.1, 0.15) is 18.5 Å². The lowest BCUT2D eigenvalue weighted by molar-refractivity contribution is -0.154. The van der Waals surface area contributed by atoms with Crippen LogP contribution < -0.4 is 5.32 Å². The number of aromatic amines is 1. The Balaban J connectivity index is 1.88. The number of amides is 1. The summed E-state index contributed by atoms with van der Waals surface area (Å²) in [7, 11) is 0. The number of carbonyl (C=O) groups excluding carboxylic acids is 1. The summed E-state index contributed by atoms with van der Waals surface area (Å²) in [4.78, 5) is 23.1. The Bertz CT molecular complexity index is 438.